The van der Waals surface area contributed by atoms with Crippen molar-refractivity contribution in [1.29, 1.82) is 0 Å². The maximum atomic E-state index is 10.0. The van der Waals surface area contributed by atoms with Gasteiger partial charge in [0.15, 0.2) is 0 Å². The highest BCUT2D eigenvalue weighted by Crippen LogP contribution is 2.42. The average Bonchev–Trinajstić information content (AvgIpc) is 3.33. The molecule has 3 aliphatic rings. The molecule has 1 aliphatic heterocycles. The molecule has 3 rings (SSSR count). The van der Waals surface area contributed by atoms with Crippen LogP contribution in [0.2, 0.25) is 0 Å². The topological polar surface area (TPSA) is 44.7 Å². The number of nitrogens with zero attached hydrogens (tertiary/aromatic N) is 1. The van der Waals surface area contributed by atoms with Gasteiger partial charge in [0.05, 0.1) is 18.2 Å². The molecule has 1 saturated heterocycles. The third-order valence-electron chi connectivity index (χ3n) is 5.15. The molecule has 2 N–H and O–H groups in total. The normalized spacial score (nSPS) is 28.5. The van der Waals surface area contributed by atoms with Crippen molar-refractivity contribution in [2.24, 2.45) is 5.92 Å². The van der Waals surface area contributed by atoms with E-state index >= 15 is 0 Å². The quantitative estimate of drug-likeness (QED) is 0.706. The average molecular weight is 282 g/mol. The van der Waals surface area contributed by atoms with Crippen molar-refractivity contribution >= 4 is 0 Å². The van der Waals surface area contributed by atoms with Crippen molar-refractivity contribution in [2.45, 2.75) is 63.1 Å². The second-order valence-electron chi connectivity index (χ2n) is 6.94. The molecular weight excluding hydrogens is 252 g/mol. The summed E-state index contributed by atoms with van der Waals surface area (Å²) in [6.07, 6.45) is 7.90. The van der Waals surface area contributed by atoms with Gasteiger partial charge in [0.25, 0.3) is 0 Å². The highest BCUT2D eigenvalue weighted by Gasteiger charge is 2.48. The number of hydrogen-bond acceptors (Lipinski definition) is 4. The zero-order valence-corrected chi connectivity index (χ0v) is 12.8. The number of aliphatic hydroxyl groups excluding tert-OH is 1. The van der Waals surface area contributed by atoms with E-state index in [9.17, 15) is 5.11 Å². The van der Waals surface area contributed by atoms with Crippen LogP contribution in [0.15, 0.2) is 0 Å². The Bertz CT molecular complexity index is 310. The molecule has 1 atom stereocenters. The number of hydrogen-bond donors (Lipinski definition) is 2. The molecule has 116 valence electrons. The van der Waals surface area contributed by atoms with Crippen LogP contribution in [0.5, 0.6) is 0 Å². The van der Waals surface area contributed by atoms with E-state index in [0.29, 0.717) is 24.7 Å². The summed E-state index contributed by atoms with van der Waals surface area (Å²) in [6.45, 7) is 6.45. The standard InChI is InChI=1S/C16H30N2O2/c1-2-20-15-7-9-18(10-8-15)11-16(12-19,13-3-4-13)17-14-5-6-14/h13-15,17,19H,2-12H2,1H3. The monoisotopic (exact) mass is 282 g/mol. The summed E-state index contributed by atoms with van der Waals surface area (Å²) in [7, 11) is 0. The van der Waals surface area contributed by atoms with Crippen LogP contribution in [-0.4, -0.2) is 60.5 Å². The summed E-state index contributed by atoms with van der Waals surface area (Å²) >= 11 is 0. The van der Waals surface area contributed by atoms with E-state index in [4.69, 9.17) is 4.74 Å². The fourth-order valence-corrected chi connectivity index (χ4v) is 3.66. The van der Waals surface area contributed by atoms with Gasteiger partial charge >= 0.3 is 0 Å². The van der Waals surface area contributed by atoms with Gasteiger partial charge in [-0.3, -0.25) is 0 Å². The van der Waals surface area contributed by atoms with Crippen molar-refractivity contribution in [2.75, 3.05) is 32.8 Å². The minimum absolute atomic E-state index is 0.0282. The Kier molecular flexibility index (Phi) is 4.65. The molecule has 0 aromatic carbocycles. The molecule has 4 nitrogen and oxygen atoms in total. The van der Waals surface area contributed by atoms with Gasteiger partial charge in [-0.15, -0.1) is 0 Å². The van der Waals surface area contributed by atoms with E-state index in [0.717, 1.165) is 39.1 Å². The summed E-state index contributed by atoms with van der Waals surface area (Å²) in [5.41, 5.74) is -0.0282. The minimum atomic E-state index is -0.0282. The predicted molar refractivity (Wildman–Crippen MR) is 79.8 cm³/mol. The summed E-state index contributed by atoms with van der Waals surface area (Å²) in [6, 6.07) is 0.670. The van der Waals surface area contributed by atoms with E-state index in [-0.39, 0.29) is 5.54 Å². The number of likely N-dealkylation sites (tertiary alicyclic amines) is 1. The Labute approximate surface area is 122 Å². The fraction of sp³-hybridized carbons (Fsp3) is 1.00. The van der Waals surface area contributed by atoms with Gasteiger partial charge in [0.1, 0.15) is 0 Å². The van der Waals surface area contributed by atoms with Crippen molar-refractivity contribution < 1.29 is 9.84 Å². The summed E-state index contributed by atoms with van der Waals surface area (Å²) < 4.78 is 5.73. The first-order chi connectivity index (χ1) is 9.75. The summed E-state index contributed by atoms with van der Waals surface area (Å²) in [5.74, 6) is 0.692. The highest BCUT2D eigenvalue weighted by molar-refractivity contribution is 5.06. The maximum Gasteiger partial charge on any atom is 0.0628 e. The van der Waals surface area contributed by atoms with E-state index in [1.807, 2.05) is 0 Å². The molecule has 0 amide bonds. The molecule has 3 fully saturated rings. The van der Waals surface area contributed by atoms with Crippen LogP contribution in [-0.2, 0) is 4.74 Å². The lowest BCUT2D eigenvalue weighted by molar-refractivity contribution is 0.000594. The van der Waals surface area contributed by atoms with Crippen molar-refractivity contribution in [3.63, 3.8) is 0 Å². The molecule has 2 aliphatic carbocycles. The highest BCUT2D eigenvalue weighted by atomic mass is 16.5. The molecule has 1 unspecified atom stereocenters. The third-order valence-corrected chi connectivity index (χ3v) is 5.15. The summed E-state index contributed by atoms with van der Waals surface area (Å²) in [4.78, 5) is 2.54. The van der Waals surface area contributed by atoms with Crippen LogP contribution in [0.3, 0.4) is 0 Å². The number of nitrogens with one attached hydrogen (secondary N) is 1. The molecule has 0 bridgehead atoms. The number of piperidine rings is 1. The number of ether oxygens (including phenoxy) is 1. The smallest absolute Gasteiger partial charge is 0.0628 e. The largest absolute Gasteiger partial charge is 0.394 e. The van der Waals surface area contributed by atoms with Crippen LogP contribution < -0.4 is 5.32 Å². The van der Waals surface area contributed by atoms with Gasteiger partial charge in [0, 0.05) is 32.3 Å². The van der Waals surface area contributed by atoms with Crippen molar-refractivity contribution in [3.8, 4) is 0 Å². The Hall–Kier alpha value is -0.160. The van der Waals surface area contributed by atoms with Gasteiger partial charge in [0.2, 0.25) is 0 Å². The molecule has 0 aromatic heterocycles. The van der Waals surface area contributed by atoms with Gasteiger partial charge in [-0.05, 0) is 51.4 Å². The SMILES string of the molecule is CCOC1CCN(CC(CO)(NC2CC2)C2CC2)CC1. The summed E-state index contributed by atoms with van der Waals surface area (Å²) in [5, 5.41) is 13.8. The Morgan fingerprint density at radius 1 is 1.15 bits per heavy atom. The number of aliphatic hydroxyl groups is 1. The Morgan fingerprint density at radius 3 is 2.35 bits per heavy atom. The van der Waals surface area contributed by atoms with Crippen molar-refractivity contribution in [3.05, 3.63) is 0 Å². The van der Waals surface area contributed by atoms with Crippen LogP contribution in [0.4, 0.5) is 0 Å². The van der Waals surface area contributed by atoms with E-state index in [1.165, 1.54) is 25.7 Å². The van der Waals surface area contributed by atoms with E-state index in [1.54, 1.807) is 0 Å². The molecule has 1 heterocycles. The Morgan fingerprint density at radius 2 is 1.85 bits per heavy atom. The zero-order valence-electron chi connectivity index (χ0n) is 12.8. The predicted octanol–water partition coefficient (Wildman–Crippen LogP) is 1.38. The van der Waals surface area contributed by atoms with Gasteiger partial charge in [-0.1, -0.05) is 0 Å². The van der Waals surface area contributed by atoms with Gasteiger partial charge in [-0.2, -0.15) is 0 Å². The minimum Gasteiger partial charge on any atom is -0.394 e. The zero-order chi connectivity index (χ0) is 14.0. The molecular formula is C16H30N2O2. The van der Waals surface area contributed by atoms with Gasteiger partial charge < -0.3 is 20.1 Å². The van der Waals surface area contributed by atoms with Crippen molar-refractivity contribution in [1.82, 2.24) is 10.2 Å². The molecule has 4 heteroatoms. The van der Waals surface area contributed by atoms with Gasteiger partial charge in [-0.25, -0.2) is 0 Å². The number of rotatable bonds is 8. The lowest BCUT2D eigenvalue weighted by atomic mass is 9.91. The molecule has 0 spiro atoms. The lowest BCUT2D eigenvalue weighted by Gasteiger charge is -2.41. The van der Waals surface area contributed by atoms with Crippen LogP contribution in [0.25, 0.3) is 0 Å². The first-order valence-electron chi connectivity index (χ1n) is 8.48. The maximum absolute atomic E-state index is 10.0. The van der Waals surface area contributed by atoms with Crippen LogP contribution in [0, 0.1) is 5.92 Å². The molecule has 2 saturated carbocycles. The third kappa shape index (κ3) is 3.53. The first kappa shape index (κ1) is 14.8. The lowest BCUT2D eigenvalue weighted by Crippen LogP contribution is -2.59. The Balaban J connectivity index is 1.53. The van der Waals surface area contributed by atoms with E-state index in [2.05, 4.69) is 17.1 Å². The fourth-order valence-electron chi connectivity index (χ4n) is 3.66. The molecule has 20 heavy (non-hydrogen) atoms. The van der Waals surface area contributed by atoms with Crippen LogP contribution in [0.1, 0.15) is 45.4 Å². The molecule has 0 radical (unpaired) electrons. The molecule has 0 aromatic rings. The second-order valence-corrected chi connectivity index (χ2v) is 6.94. The first-order valence-corrected chi connectivity index (χ1v) is 8.48. The van der Waals surface area contributed by atoms with Crippen LogP contribution >= 0.6 is 0 Å². The van der Waals surface area contributed by atoms with E-state index < -0.39 is 0 Å². The second kappa shape index (κ2) is 6.30.